The van der Waals surface area contributed by atoms with Crippen LogP contribution in [0.4, 0.5) is 4.79 Å². The molecule has 0 bridgehead atoms. The molecule has 136 valence electrons. The Morgan fingerprint density at radius 1 is 1.13 bits per heavy atom. The van der Waals surface area contributed by atoms with Crippen molar-refractivity contribution in [2.24, 2.45) is 0 Å². The average Bonchev–Trinajstić information content (AvgIpc) is 2.41. The quantitative estimate of drug-likeness (QED) is 0.666. The van der Waals surface area contributed by atoms with E-state index in [0.29, 0.717) is 0 Å². The summed E-state index contributed by atoms with van der Waals surface area (Å²) in [6.45, 7) is 14.8. The fourth-order valence-corrected chi connectivity index (χ4v) is 2.33. The van der Waals surface area contributed by atoms with Crippen LogP contribution in [0.1, 0.15) is 60.8 Å². The lowest BCUT2D eigenvalue weighted by atomic mass is 10.1. The molecule has 6 heteroatoms. The molecule has 0 aliphatic rings. The summed E-state index contributed by atoms with van der Waals surface area (Å²) in [5.74, 6) is -0.908. The van der Waals surface area contributed by atoms with Crippen molar-refractivity contribution in [2.75, 3.05) is 26.2 Å². The number of carbonyl (C=O) groups is 2. The van der Waals surface area contributed by atoms with Crippen LogP contribution in [0.2, 0.25) is 0 Å². The van der Waals surface area contributed by atoms with E-state index >= 15 is 0 Å². The zero-order valence-electron chi connectivity index (χ0n) is 15.6. The Morgan fingerprint density at radius 3 is 2.13 bits per heavy atom. The van der Waals surface area contributed by atoms with Gasteiger partial charge in [0.1, 0.15) is 5.60 Å². The monoisotopic (exact) mass is 330 g/mol. The molecule has 0 saturated heterocycles. The average molecular weight is 330 g/mol. The molecule has 0 fully saturated rings. The van der Waals surface area contributed by atoms with E-state index in [2.05, 4.69) is 18.7 Å². The van der Waals surface area contributed by atoms with E-state index in [1.807, 2.05) is 27.7 Å². The van der Waals surface area contributed by atoms with Gasteiger partial charge in [-0.25, -0.2) is 4.79 Å². The normalized spacial score (nSPS) is 13.0. The van der Waals surface area contributed by atoms with Gasteiger partial charge in [0.25, 0.3) is 0 Å². The van der Waals surface area contributed by atoms with Gasteiger partial charge < -0.3 is 19.6 Å². The molecule has 0 aliphatic carbocycles. The predicted octanol–water partition coefficient (Wildman–Crippen LogP) is 3.21. The molecule has 0 aromatic rings. The molecule has 0 aromatic heterocycles. The number of aliphatic carboxylic acids is 1. The number of rotatable bonds is 10. The topological polar surface area (TPSA) is 70.1 Å². The molecule has 1 N–H and O–H groups in total. The van der Waals surface area contributed by atoms with Gasteiger partial charge in [-0.2, -0.15) is 0 Å². The molecule has 6 nitrogen and oxygen atoms in total. The van der Waals surface area contributed by atoms with Crippen molar-refractivity contribution in [1.82, 2.24) is 9.80 Å². The largest absolute Gasteiger partial charge is 0.481 e. The maximum absolute atomic E-state index is 12.3. The van der Waals surface area contributed by atoms with Crippen LogP contribution in [0.5, 0.6) is 0 Å². The van der Waals surface area contributed by atoms with Gasteiger partial charge in [-0.1, -0.05) is 13.8 Å². The first-order valence-electron chi connectivity index (χ1n) is 8.54. The Balaban J connectivity index is 4.64. The minimum atomic E-state index is -0.908. The van der Waals surface area contributed by atoms with Gasteiger partial charge >= 0.3 is 12.1 Å². The van der Waals surface area contributed by atoms with Crippen LogP contribution < -0.4 is 0 Å². The Kier molecular flexibility index (Phi) is 9.88. The highest BCUT2D eigenvalue weighted by Gasteiger charge is 2.26. The molecule has 0 spiro atoms. The van der Waals surface area contributed by atoms with Crippen LogP contribution in [0.25, 0.3) is 0 Å². The standard InChI is InChI=1S/C17H34N2O4/c1-7-18(8-2)12-9-10-14(3)19(13-11-15(20)21)16(22)23-17(4,5)6/h14H,7-13H2,1-6H3,(H,20,21). The summed E-state index contributed by atoms with van der Waals surface area (Å²) >= 11 is 0. The zero-order chi connectivity index (χ0) is 18.0. The van der Waals surface area contributed by atoms with Gasteiger partial charge in [-0.15, -0.1) is 0 Å². The molecule has 1 amide bonds. The molecule has 23 heavy (non-hydrogen) atoms. The van der Waals surface area contributed by atoms with Crippen LogP contribution in [-0.4, -0.2) is 64.8 Å². The summed E-state index contributed by atoms with van der Waals surface area (Å²) in [6, 6.07) is -0.0419. The predicted molar refractivity (Wildman–Crippen MR) is 91.7 cm³/mol. The lowest BCUT2D eigenvalue weighted by Crippen LogP contribution is -2.43. The second kappa shape index (κ2) is 10.5. The third-order valence-electron chi connectivity index (χ3n) is 3.72. The van der Waals surface area contributed by atoms with E-state index in [4.69, 9.17) is 9.84 Å². The van der Waals surface area contributed by atoms with Gasteiger partial charge in [0, 0.05) is 12.6 Å². The van der Waals surface area contributed by atoms with Gasteiger partial charge in [-0.3, -0.25) is 4.79 Å². The van der Waals surface area contributed by atoms with Crippen molar-refractivity contribution in [3.63, 3.8) is 0 Å². The van der Waals surface area contributed by atoms with Gasteiger partial charge in [0.15, 0.2) is 0 Å². The van der Waals surface area contributed by atoms with Crippen molar-refractivity contribution in [3.8, 4) is 0 Å². The Hall–Kier alpha value is -1.30. The minimum Gasteiger partial charge on any atom is -0.481 e. The van der Waals surface area contributed by atoms with Crippen molar-refractivity contribution >= 4 is 12.1 Å². The summed E-state index contributed by atoms with van der Waals surface area (Å²) < 4.78 is 5.41. The van der Waals surface area contributed by atoms with E-state index in [1.165, 1.54) is 0 Å². The highest BCUT2D eigenvalue weighted by molar-refractivity contribution is 5.71. The highest BCUT2D eigenvalue weighted by Crippen LogP contribution is 2.15. The Morgan fingerprint density at radius 2 is 1.70 bits per heavy atom. The van der Waals surface area contributed by atoms with Crippen molar-refractivity contribution in [2.45, 2.75) is 72.4 Å². The Bertz CT molecular complexity index is 362. The van der Waals surface area contributed by atoms with Crippen LogP contribution in [0, 0.1) is 0 Å². The second-order valence-corrected chi connectivity index (χ2v) is 6.84. The van der Waals surface area contributed by atoms with E-state index < -0.39 is 17.7 Å². The maximum atomic E-state index is 12.3. The smallest absolute Gasteiger partial charge is 0.410 e. The van der Waals surface area contributed by atoms with Crippen molar-refractivity contribution in [1.29, 1.82) is 0 Å². The van der Waals surface area contributed by atoms with Crippen LogP contribution in [-0.2, 0) is 9.53 Å². The number of amides is 1. The first kappa shape index (κ1) is 21.7. The van der Waals surface area contributed by atoms with Crippen LogP contribution >= 0.6 is 0 Å². The molecule has 0 saturated carbocycles. The summed E-state index contributed by atoms with van der Waals surface area (Å²) in [4.78, 5) is 27.0. The fourth-order valence-electron chi connectivity index (χ4n) is 2.33. The molecule has 0 rings (SSSR count). The van der Waals surface area contributed by atoms with Crippen molar-refractivity contribution in [3.05, 3.63) is 0 Å². The van der Waals surface area contributed by atoms with Crippen molar-refractivity contribution < 1.29 is 19.4 Å². The number of carboxylic acids is 1. The van der Waals surface area contributed by atoms with E-state index in [0.717, 1.165) is 32.5 Å². The lowest BCUT2D eigenvalue weighted by molar-refractivity contribution is -0.137. The maximum Gasteiger partial charge on any atom is 0.410 e. The molecular formula is C17H34N2O4. The van der Waals surface area contributed by atoms with Crippen LogP contribution in [0.15, 0.2) is 0 Å². The number of hydrogen-bond acceptors (Lipinski definition) is 4. The highest BCUT2D eigenvalue weighted by atomic mass is 16.6. The summed E-state index contributed by atoms with van der Waals surface area (Å²) in [5.41, 5.74) is -0.584. The molecule has 0 aliphatic heterocycles. The molecule has 0 heterocycles. The molecule has 1 atom stereocenters. The summed E-state index contributed by atoms with van der Waals surface area (Å²) in [5, 5.41) is 8.89. The SMILES string of the molecule is CCN(CC)CCCC(C)N(CCC(=O)O)C(=O)OC(C)(C)C. The third kappa shape index (κ3) is 10.2. The van der Waals surface area contributed by atoms with Crippen LogP contribution in [0.3, 0.4) is 0 Å². The molecular weight excluding hydrogens is 296 g/mol. The fraction of sp³-hybridized carbons (Fsp3) is 0.882. The number of ether oxygens (including phenoxy) is 1. The second-order valence-electron chi connectivity index (χ2n) is 6.84. The molecule has 0 aromatic carbocycles. The van der Waals surface area contributed by atoms with E-state index in [9.17, 15) is 9.59 Å². The third-order valence-corrected chi connectivity index (χ3v) is 3.72. The molecule has 1 unspecified atom stereocenters. The van der Waals surface area contributed by atoms with E-state index in [-0.39, 0.29) is 19.0 Å². The van der Waals surface area contributed by atoms with E-state index in [1.54, 1.807) is 4.90 Å². The number of nitrogens with zero attached hydrogens (tertiary/aromatic N) is 2. The van der Waals surface area contributed by atoms with Gasteiger partial charge in [0.2, 0.25) is 0 Å². The van der Waals surface area contributed by atoms with Gasteiger partial charge in [-0.05, 0) is 60.2 Å². The molecule has 0 radical (unpaired) electrons. The summed E-state index contributed by atoms with van der Waals surface area (Å²) in [6.07, 6.45) is 1.29. The first-order chi connectivity index (χ1) is 10.6. The Labute approximate surface area is 140 Å². The number of hydrogen-bond donors (Lipinski definition) is 1. The zero-order valence-corrected chi connectivity index (χ0v) is 15.6. The van der Waals surface area contributed by atoms with Gasteiger partial charge in [0.05, 0.1) is 6.42 Å². The minimum absolute atomic E-state index is 0.0419. The lowest BCUT2D eigenvalue weighted by Gasteiger charge is -2.32. The number of carboxylic acid groups (broad SMARTS) is 1. The number of carbonyl (C=O) groups excluding carboxylic acids is 1. The summed E-state index contributed by atoms with van der Waals surface area (Å²) in [7, 11) is 0. The first-order valence-corrected chi connectivity index (χ1v) is 8.54.